The lowest BCUT2D eigenvalue weighted by Gasteiger charge is -2.26. The second-order valence-corrected chi connectivity index (χ2v) is 10.1. The summed E-state index contributed by atoms with van der Waals surface area (Å²) in [4.78, 5) is 39.0. The molecule has 2 atom stereocenters. The fourth-order valence-corrected chi connectivity index (χ4v) is 5.27. The first-order valence-electron chi connectivity index (χ1n) is 11.6. The average Bonchev–Trinajstić information content (AvgIpc) is 3.43. The quantitative estimate of drug-likeness (QED) is 0.315. The number of rotatable bonds is 6. The van der Waals surface area contributed by atoms with Gasteiger partial charge in [-0.05, 0) is 44.7 Å². The van der Waals surface area contributed by atoms with Crippen molar-refractivity contribution in [2.75, 3.05) is 12.4 Å². The molecule has 0 aliphatic heterocycles. The molecular weight excluding hydrogens is 518 g/mol. The van der Waals surface area contributed by atoms with Crippen LogP contribution >= 0.6 is 22.9 Å². The van der Waals surface area contributed by atoms with Gasteiger partial charge in [-0.1, -0.05) is 22.9 Å². The Hall–Kier alpha value is -3.61. The van der Waals surface area contributed by atoms with Crippen molar-refractivity contribution in [3.63, 3.8) is 0 Å². The first-order valence-corrected chi connectivity index (χ1v) is 12.8. The molecule has 37 heavy (non-hydrogen) atoms. The van der Waals surface area contributed by atoms with Crippen LogP contribution in [0.15, 0.2) is 30.7 Å². The Kier molecular flexibility index (Phi) is 7.04. The Morgan fingerprint density at radius 1 is 1.19 bits per heavy atom. The summed E-state index contributed by atoms with van der Waals surface area (Å²) in [6.07, 6.45) is 7.09. The van der Waals surface area contributed by atoms with E-state index in [4.69, 9.17) is 16.3 Å². The van der Waals surface area contributed by atoms with Gasteiger partial charge in [0.25, 0.3) is 11.8 Å². The molecular formula is C24H24ClN7O4S. The number of nitrogens with zero attached hydrogens (tertiary/aromatic N) is 5. The van der Waals surface area contributed by atoms with E-state index < -0.39 is 12.0 Å². The van der Waals surface area contributed by atoms with Crippen LogP contribution in [0.3, 0.4) is 0 Å². The fraction of sp³-hybridized carbons (Fsp3) is 0.333. The number of aliphatic hydroxyl groups excluding tert-OH is 1. The topological polar surface area (TPSA) is 144 Å². The Morgan fingerprint density at radius 3 is 2.78 bits per heavy atom. The van der Waals surface area contributed by atoms with E-state index in [1.54, 1.807) is 12.1 Å². The van der Waals surface area contributed by atoms with Crippen molar-refractivity contribution in [1.29, 1.82) is 0 Å². The van der Waals surface area contributed by atoms with Gasteiger partial charge < -0.3 is 15.2 Å². The van der Waals surface area contributed by atoms with Crippen molar-refractivity contribution in [3.8, 4) is 16.9 Å². The first kappa shape index (κ1) is 25.1. The third kappa shape index (κ3) is 5.41. The van der Waals surface area contributed by atoms with Crippen molar-refractivity contribution in [2.24, 2.45) is 0 Å². The number of amides is 2. The summed E-state index contributed by atoms with van der Waals surface area (Å²) in [6.45, 7) is 1.82. The minimum atomic E-state index is -0.427. The van der Waals surface area contributed by atoms with E-state index >= 15 is 0 Å². The molecule has 192 valence electrons. The van der Waals surface area contributed by atoms with Crippen molar-refractivity contribution in [3.05, 3.63) is 52.8 Å². The SMILES string of the molecule is COc1cnc(Cl)cc1-c1cc(C)ncc1C(=O)Nc1nn2cc(C(=O)N[C@H]3CCC[C@@H](O)C3)nc2s1. The number of aromatic nitrogens is 5. The van der Waals surface area contributed by atoms with Crippen LogP contribution in [0.1, 0.15) is 52.2 Å². The van der Waals surface area contributed by atoms with Gasteiger partial charge in [-0.3, -0.25) is 19.9 Å². The molecule has 0 bridgehead atoms. The number of fused-ring (bicyclic) bond motifs is 1. The molecule has 1 aliphatic carbocycles. The second-order valence-electron chi connectivity index (χ2n) is 8.78. The molecule has 0 spiro atoms. The standard InChI is InChI=1S/C24H24ClN7O4S/c1-12-6-15(16-8-20(25)27-10-19(16)36-2)17(9-26-12)21(34)30-23-31-32-11-18(29-24(32)37-23)22(35)28-13-4-3-5-14(33)7-13/h6,8-11,13-14,33H,3-5,7H2,1-2H3,(H,28,35)(H,30,31,34)/t13-,14+/m0/s1. The third-order valence-electron chi connectivity index (χ3n) is 6.11. The normalized spacial score (nSPS) is 17.5. The van der Waals surface area contributed by atoms with Gasteiger partial charge >= 0.3 is 0 Å². The smallest absolute Gasteiger partial charge is 0.271 e. The molecule has 0 radical (unpaired) electrons. The summed E-state index contributed by atoms with van der Waals surface area (Å²) in [5.41, 5.74) is 2.42. The van der Waals surface area contributed by atoms with Crippen LogP contribution in [0, 0.1) is 6.92 Å². The highest BCUT2D eigenvalue weighted by atomic mass is 35.5. The number of aliphatic hydroxyl groups is 1. The molecule has 4 aromatic heterocycles. The summed E-state index contributed by atoms with van der Waals surface area (Å²) in [6, 6.07) is 3.32. The molecule has 4 aromatic rings. The van der Waals surface area contributed by atoms with Crippen LogP contribution in [0.4, 0.5) is 5.13 Å². The minimum Gasteiger partial charge on any atom is -0.494 e. The molecule has 4 heterocycles. The van der Waals surface area contributed by atoms with E-state index in [0.29, 0.717) is 44.6 Å². The van der Waals surface area contributed by atoms with Crippen molar-refractivity contribution in [2.45, 2.75) is 44.8 Å². The van der Waals surface area contributed by atoms with Crippen LogP contribution in [-0.2, 0) is 0 Å². The average molecular weight is 542 g/mol. The van der Waals surface area contributed by atoms with Crippen LogP contribution in [0.5, 0.6) is 5.75 Å². The molecule has 2 amide bonds. The largest absolute Gasteiger partial charge is 0.494 e. The Balaban J connectivity index is 1.35. The lowest BCUT2D eigenvalue weighted by Crippen LogP contribution is -2.39. The number of hydrogen-bond donors (Lipinski definition) is 3. The van der Waals surface area contributed by atoms with Crippen molar-refractivity contribution < 1.29 is 19.4 Å². The highest BCUT2D eigenvalue weighted by Crippen LogP contribution is 2.34. The van der Waals surface area contributed by atoms with Crippen molar-refractivity contribution in [1.82, 2.24) is 29.9 Å². The number of halogens is 1. The summed E-state index contributed by atoms with van der Waals surface area (Å²) < 4.78 is 6.87. The highest BCUT2D eigenvalue weighted by molar-refractivity contribution is 7.20. The molecule has 1 fully saturated rings. The van der Waals surface area contributed by atoms with Gasteiger partial charge in [0.05, 0.1) is 31.2 Å². The van der Waals surface area contributed by atoms with Crippen LogP contribution in [-0.4, -0.2) is 60.7 Å². The van der Waals surface area contributed by atoms with E-state index in [1.807, 2.05) is 6.92 Å². The molecule has 3 N–H and O–H groups in total. The van der Waals surface area contributed by atoms with Gasteiger partial charge in [0.2, 0.25) is 10.1 Å². The van der Waals surface area contributed by atoms with Crippen LogP contribution in [0.25, 0.3) is 16.1 Å². The lowest BCUT2D eigenvalue weighted by molar-refractivity contribution is 0.0845. The van der Waals surface area contributed by atoms with E-state index in [9.17, 15) is 14.7 Å². The number of nitrogens with one attached hydrogen (secondary N) is 2. The molecule has 0 saturated heterocycles. The van der Waals surface area contributed by atoms with Crippen LogP contribution < -0.4 is 15.4 Å². The van der Waals surface area contributed by atoms with Gasteiger partial charge in [-0.15, -0.1) is 5.10 Å². The van der Waals surface area contributed by atoms with Gasteiger partial charge in [0.15, 0.2) is 0 Å². The molecule has 13 heteroatoms. The number of methoxy groups -OCH3 is 1. The second kappa shape index (κ2) is 10.4. The zero-order valence-electron chi connectivity index (χ0n) is 20.1. The zero-order chi connectivity index (χ0) is 26.1. The van der Waals surface area contributed by atoms with Gasteiger partial charge in [0, 0.05) is 29.1 Å². The number of carbonyl (C=O) groups excluding carboxylic acids is 2. The predicted octanol–water partition coefficient (Wildman–Crippen LogP) is 3.50. The highest BCUT2D eigenvalue weighted by Gasteiger charge is 2.24. The summed E-state index contributed by atoms with van der Waals surface area (Å²) >= 11 is 7.25. The number of imidazole rings is 1. The maximum atomic E-state index is 13.2. The van der Waals surface area contributed by atoms with Crippen LogP contribution in [0.2, 0.25) is 5.15 Å². The maximum Gasteiger partial charge on any atom is 0.271 e. The number of aryl methyl sites for hydroxylation is 1. The van der Waals surface area contributed by atoms with Gasteiger partial charge in [-0.2, -0.15) is 0 Å². The lowest BCUT2D eigenvalue weighted by atomic mass is 9.93. The Labute approximate surface area is 220 Å². The number of ether oxygens (including phenoxy) is 1. The van der Waals surface area contributed by atoms with E-state index in [0.717, 1.165) is 30.6 Å². The zero-order valence-corrected chi connectivity index (χ0v) is 21.6. The molecule has 1 saturated carbocycles. The molecule has 1 aliphatic rings. The summed E-state index contributed by atoms with van der Waals surface area (Å²) in [7, 11) is 1.51. The van der Waals surface area contributed by atoms with E-state index in [2.05, 4.69) is 30.7 Å². The molecule has 11 nitrogen and oxygen atoms in total. The molecule has 0 aromatic carbocycles. The van der Waals surface area contributed by atoms with Crippen molar-refractivity contribution >= 4 is 44.8 Å². The fourth-order valence-electron chi connectivity index (χ4n) is 4.33. The third-order valence-corrected chi connectivity index (χ3v) is 7.15. The van der Waals surface area contributed by atoms with Gasteiger partial charge in [-0.25, -0.2) is 14.5 Å². The van der Waals surface area contributed by atoms with E-state index in [-0.39, 0.29) is 22.8 Å². The number of anilines is 1. The van der Waals surface area contributed by atoms with Gasteiger partial charge in [0.1, 0.15) is 16.6 Å². The Morgan fingerprint density at radius 2 is 2.03 bits per heavy atom. The summed E-state index contributed by atoms with van der Waals surface area (Å²) in [5, 5.41) is 20.5. The molecule has 5 rings (SSSR count). The van der Waals surface area contributed by atoms with E-state index in [1.165, 1.54) is 30.2 Å². The maximum absolute atomic E-state index is 13.2. The monoisotopic (exact) mass is 541 g/mol. The number of carbonyl (C=O) groups is 2. The number of pyridine rings is 2. The predicted molar refractivity (Wildman–Crippen MR) is 138 cm³/mol. The summed E-state index contributed by atoms with van der Waals surface area (Å²) in [5.74, 6) is -0.281. The first-order chi connectivity index (χ1) is 17.8. The molecule has 0 unspecified atom stereocenters. The minimum absolute atomic E-state index is 0.0787. The Bertz CT molecular complexity index is 1460. The number of hydrogen-bond acceptors (Lipinski definition) is 9.